The predicted molar refractivity (Wildman–Crippen MR) is 96.7 cm³/mol. The van der Waals surface area contributed by atoms with Crippen molar-refractivity contribution in [2.45, 2.75) is 18.8 Å². The molecule has 5 rings (SSSR count). The maximum Gasteiger partial charge on any atom is 0.249 e. The van der Waals surface area contributed by atoms with Gasteiger partial charge in [-0.05, 0) is 67.7 Å². The summed E-state index contributed by atoms with van der Waals surface area (Å²) in [5.74, 6) is 1.67. The highest BCUT2D eigenvalue weighted by Gasteiger charge is 2.37. The number of hydrogen-bond donors (Lipinski definition) is 1. The largest absolute Gasteiger partial charge is 0.497 e. The number of amides is 1. The molecule has 2 N–H and O–H groups in total. The number of benzene rings is 1. The van der Waals surface area contributed by atoms with Crippen molar-refractivity contribution in [2.24, 2.45) is 11.7 Å². The highest BCUT2D eigenvalue weighted by atomic mass is 32.1. The average Bonchev–Trinajstić information content (AvgIpc) is 3.08. The lowest BCUT2D eigenvalue weighted by atomic mass is 9.77. The molecule has 5 heteroatoms. The van der Waals surface area contributed by atoms with Gasteiger partial charge in [0.15, 0.2) is 0 Å². The number of rotatable bonds is 4. The average molecular weight is 342 g/mol. The Morgan fingerprint density at radius 1 is 1.25 bits per heavy atom. The van der Waals surface area contributed by atoms with Crippen LogP contribution in [0.4, 0.5) is 0 Å². The molecule has 4 heterocycles. The lowest BCUT2D eigenvalue weighted by Crippen LogP contribution is -2.46. The van der Waals surface area contributed by atoms with E-state index in [1.807, 2.05) is 30.3 Å². The van der Waals surface area contributed by atoms with E-state index in [4.69, 9.17) is 10.5 Å². The third-order valence-corrected chi connectivity index (χ3v) is 6.71. The molecule has 3 fully saturated rings. The molecule has 24 heavy (non-hydrogen) atoms. The van der Waals surface area contributed by atoms with Crippen molar-refractivity contribution in [1.29, 1.82) is 0 Å². The van der Waals surface area contributed by atoms with Crippen molar-refractivity contribution in [2.75, 3.05) is 26.7 Å². The molecular weight excluding hydrogens is 320 g/mol. The fourth-order valence-corrected chi connectivity index (χ4v) is 5.39. The molecule has 1 unspecified atom stereocenters. The first-order chi connectivity index (χ1) is 11.7. The monoisotopic (exact) mass is 342 g/mol. The van der Waals surface area contributed by atoms with Gasteiger partial charge in [0.25, 0.3) is 0 Å². The van der Waals surface area contributed by atoms with Gasteiger partial charge >= 0.3 is 0 Å². The van der Waals surface area contributed by atoms with Gasteiger partial charge in [-0.15, -0.1) is 11.3 Å². The number of carbonyl (C=O) groups excluding carboxylic acids is 1. The lowest BCUT2D eigenvalue weighted by Gasteiger charge is -2.44. The SMILES string of the molecule is COc1ccc(-c2cc(C(N)=O)c(C3CN4CCC3CC4)s2)cc1. The van der Waals surface area contributed by atoms with Crippen molar-refractivity contribution >= 4 is 17.2 Å². The number of nitrogens with two attached hydrogens (primary N) is 1. The first-order valence-electron chi connectivity index (χ1n) is 8.46. The second kappa shape index (κ2) is 6.22. The van der Waals surface area contributed by atoms with Crippen LogP contribution in [-0.2, 0) is 0 Å². The molecule has 1 atom stereocenters. The summed E-state index contributed by atoms with van der Waals surface area (Å²) in [4.78, 5) is 16.8. The molecular formula is C19H22N2O2S. The van der Waals surface area contributed by atoms with Gasteiger partial charge in [0.05, 0.1) is 12.7 Å². The van der Waals surface area contributed by atoms with E-state index in [1.54, 1.807) is 18.4 Å². The zero-order valence-corrected chi connectivity index (χ0v) is 14.6. The fraction of sp³-hybridized carbons (Fsp3) is 0.421. The zero-order valence-electron chi connectivity index (χ0n) is 13.8. The Hall–Kier alpha value is -1.85. The molecule has 0 saturated carbocycles. The highest BCUT2D eigenvalue weighted by molar-refractivity contribution is 7.16. The molecule has 1 aromatic carbocycles. The molecule has 0 radical (unpaired) electrons. The van der Waals surface area contributed by atoms with Gasteiger partial charge in [-0.2, -0.15) is 0 Å². The molecule has 0 spiro atoms. The van der Waals surface area contributed by atoms with E-state index in [2.05, 4.69) is 4.90 Å². The number of fused-ring (bicyclic) bond motifs is 3. The normalized spacial score (nSPS) is 25.6. The highest BCUT2D eigenvalue weighted by Crippen LogP contribution is 2.45. The van der Waals surface area contributed by atoms with E-state index in [1.165, 1.54) is 30.8 Å². The summed E-state index contributed by atoms with van der Waals surface area (Å²) in [5.41, 5.74) is 7.51. The number of ether oxygens (including phenoxy) is 1. The number of primary amides is 1. The first kappa shape index (κ1) is 15.7. The van der Waals surface area contributed by atoms with Crippen molar-refractivity contribution in [3.8, 4) is 16.2 Å². The molecule has 4 nitrogen and oxygen atoms in total. The van der Waals surface area contributed by atoms with Crippen LogP contribution in [-0.4, -0.2) is 37.6 Å². The number of nitrogens with zero attached hydrogens (tertiary/aromatic N) is 1. The Balaban J connectivity index is 1.71. The number of piperidine rings is 3. The van der Waals surface area contributed by atoms with Crippen LogP contribution in [0.2, 0.25) is 0 Å². The van der Waals surface area contributed by atoms with E-state index >= 15 is 0 Å². The lowest BCUT2D eigenvalue weighted by molar-refractivity contribution is 0.0870. The summed E-state index contributed by atoms with van der Waals surface area (Å²) >= 11 is 1.73. The van der Waals surface area contributed by atoms with Crippen molar-refractivity contribution in [1.82, 2.24) is 4.90 Å². The van der Waals surface area contributed by atoms with Crippen LogP contribution < -0.4 is 10.5 Å². The third-order valence-electron chi connectivity index (χ3n) is 5.39. The number of thiophene rings is 1. The second-order valence-electron chi connectivity index (χ2n) is 6.73. The minimum absolute atomic E-state index is 0.308. The number of carbonyl (C=O) groups is 1. The van der Waals surface area contributed by atoms with E-state index in [0.717, 1.165) is 22.7 Å². The van der Waals surface area contributed by atoms with Gasteiger partial charge in [-0.1, -0.05) is 0 Å². The van der Waals surface area contributed by atoms with Gasteiger partial charge in [0, 0.05) is 22.2 Å². The Labute approximate surface area is 146 Å². The topological polar surface area (TPSA) is 55.6 Å². The van der Waals surface area contributed by atoms with Gasteiger partial charge in [-0.25, -0.2) is 0 Å². The molecule has 1 amide bonds. The van der Waals surface area contributed by atoms with Gasteiger partial charge in [0.1, 0.15) is 5.75 Å². The van der Waals surface area contributed by atoms with Crippen molar-refractivity contribution < 1.29 is 9.53 Å². The van der Waals surface area contributed by atoms with E-state index in [9.17, 15) is 4.79 Å². The van der Waals surface area contributed by atoms with Crippen molar-refractivity contribution in [3.63, 3.8) is 0 Å². The molecule has 3 aliphatic rings. The standard InChI is InChI=1S/C19H22N2O2S/c1-23-14-4-2-13(3-5-14)17-10-15(19(20)22)18(24-17)16-11-21-8-6-12(16)7-9-21/h2-5,10,12,16H,6-9,11H2,1H3,(H2,20,22). The predicted octanol–water partition coefficient (Wildman–Crippen LogP) is 3.33. The van der Waals surface area contributed by atoms with Gasteiger partial charge in [-0.3, -0.25) is 4.79 Å². The summed E-state index contributed by atoms with van der Waals surface area (Å²) in [7, 11) is 1.66. The molecule has 3 saturated heterocycles. The van der Waals surface area contributed by atoms with Crippen LogP contribution in [0.25, 0.3) is 10.4 Å². The second-order valence-corrected chi connectivity index (χ2v) is 7.81. The van der Waals surface area contributed by atoms with Crippen LogP contribution in [0.3, 0.4) is 0 Å². The number of hydrogen-bond acceptors (Lipinski definition) is 4. The maximum absolute atomic E-state index is 12.0. The quantitative estimate of drug-likeness (QED) is 0.927. The summed E-state index contributed by atoms with van der Waals surface area (Å²) < 4.78 is 5.22. The first-order valence-corrected chi connectivity index (χ1v) is 9.27. The summed E-state index contributed by atoms with van der Waals surface area (Å²) in [6.07, 6.45) is 2.47. The molecule has 2 bridgehead atoms. The van der Waals surface area contributed by atoms with Crippen LogP contribution in [0.15, 0.2) is 30.3 Å². The van der Waals surface area contributed by atoms with Gasteiger partial charge in [0.2, 0.25) is 5.91 Å². The Bertz CT molecular complexity index is 745. The van der Waals surface area contributed by atoms with E-state index in [0.29, 0.717) is 17.4 Å². The Morgan fingerprint density at radius 2 is 1.96 bits per heavy atom. The fourth-order valence-electron chi connectivity index (χ4n) is 4.03. The van der Waals surface area contributed by atoms with E-state index < -0.39 is 0 Å². The minimum atomic E-state index is -0.308. The van der Waals surface area contributed by atoms with Crippen LogP contribution in [0.5, 0.6) is 5.75 Å². The van der Waals surface area contributed by atoms with Crippen LogP contribution in [0.1, 0.15) is 34.0 Å². The Morgan fingerprint density at radius 3 is 2.50 bits per heavy atom. The van der Waals surface area contributed by atoms with E-state index in [-0.39, 0.29) is 5.91 Å². The summed E-state index contributed by atoms with van der Waals surface area (Å²) in [6.45, 7) is 3.46. The molecule has 0 aliphatic carbocycles. The third kappa shape index (κ3) is 2.72. The Kier molecular flexibility index (Phi) is 4.06. The summed E-state index contributed by atoms with van der Waals surface area (Å²) in [5, 5.41) is 0. The smallest absolute Gasteiger partial charge is 0.249 e. The summed E-state index contributed by atoms with van der Waals surface area (Å²) in [6, 6.07) is 9.95. The number of methoxy groups -OCH3 is 1. The molecule has 3 aliphatic heterocycles. The maximum atomic E-state index is 12.0. The van der Waals surface area contributed by atoms with Crippen molar-refractivity contribution in [3.05, 3.63) is 40.8 Å². The molecule has 126 valence electrons. The van der Waals surface area contributed by atoms with Gasteiger partial charge < -0.3 is 15.4 Å². The minimum Gasteiger partial charge on any atom is -0.497 e. The molecule has 1 aromatic heterocycles. The zero-order chi connectivity index (χ0) is 16.7. The van der Waals surface area contributed by atoms with Crippen LogP contribution >= 0.6 is 11.3 Å². The molecule has 2 aromatic rings. The van der Waals surface area contributed by atoms with Crippen LogP contribution in [0, 0.1) is 5.92 Å².